The Labute approximate surface area is 122 Å². The number of hydrogen-bond acceptors (Lipinski definition) is 5. The zero-order chi connectivity index (χ0) is 13.9. The lowest BCUT2D eigenvalue weighted by Crippen LogP contribution is -2.34. The Morgan fingerprint density at radius 1 is 1.58 bits per heavy atom. The van der Waals surface area contributed by atoms with Crippen LogP contribution in [0.15, 0.2) is 17.2 Å². The number of halogens is 1. The molecule has 0 aromatic carbocycles. The van der Waals surface area contributed by atoms with Crippen LogP contribution in [0.1, 0.15) is 13.3 Å². The van der Waals surface area contributed by atoms with E-state index in [-0.39, 0.29) is 10.9 Å². The van der Waals surface area contributed by atoms with Crippen molar-refractivity contribution in [3.8, 4) is 0 Å². The zero-order valence-corrected chi connectivity index (χ0v) is 12.9. The number of pyridine rings is 1. The van der Waals surface area contributed by atoms with E-state index in [2.05, 4.69) is 15.0 Å². The summed E-state index contributed by atoms with van der Waals surface area (Å²) in [7, 11) is -3.54. The predicted molar refractivity (Wildman–Crippen MR) is 79.5 cm³/mol. The predicted octanol–water partition coefficient (Wildman–Crippen LogP) is 1.95. The van der Waals surface area contributed by atoms with Gasteiger partial charge in [0, 0.05) is 24.5 Å². The minimum atomic E-state index is -3.54. The molecule has 1 atom stereocenters. The highest BCUT2D eigenvalue weighted by atomic mass is 35.5. The van der Waals surface area contributed by atoms with Gasteiger partial charge in [0.2, 0.25) is 10.0 Å². The lowest BCUT2D eigenvalue weighted by molar-refractivity contribution is 0.563. The summed E-state index contributed by atoms with van der Waals surface area (Å²) >= 11 is 7.76. The van der Waals surface area contributed by atoms with E-state index < -0.39 is 10.0 Å². The van der Waals surface area contributed by atoms with Gasteiger partial charge in [-0.15, -0.1) is 0 Å². The molecule has 5 nitrogen and oxygen atoms in total. The minimum Gasteiger partial charge on any atom is -0.369 e. The van der Waals surface area contributed by atoms with Gasteiger partial charge in [-0.25, -0.2) is 18.1 Å². The highest BCUT2D eigenvalue weighted by molar-refractivity contribution is 7.99. The largest absolute Gasteiger partial charge is 0.369 e. The number of nitrogens with one attached hydrogen (secondary N) is 2. The van der Waals surface area contributed by atoms with Gasteiger partial charge >= 0.3 is 0 Å². The van der Waals surface area contributed by atoms with Crippen LogP contribution in [0.5, 0.6) is 0 Å². The Morgan fingerprint density at radius 3 is 2.95 bits per heavy atom. The summed E-state index contributed by atoms with van der Waals surface area (Å²) in [6.07, 6.45) is 2.19. The Hall–Kier alpha value is -0.500. The average molecular weight is 322 g/mol. The first-order valence-corrected chi connectivity index (χ1v) is 9.04. The van der Waals surface area contributed by atoms with Crippen molar-refractivity contribution in [2.45, 2.75) is 24.3 Å². The summed E-state index contributed by atoms with van der Waals surface area (Å²) < 4.78 is 27.0. The summed E-state index contributed by atoms with van der Waals surface area (Å²) in [5.41, 5.74) is 0. The quantitative estimate of drug-likeness (QED) is 0.867. The number of thioether (sulfide) groups is 1. The molecular formula is C11H16ClN3O2S2. The second-order valence-electron chi connectivity index (χ2n) is 4.21. The van der Waals surface area contributed by atoms with E-state index >= 15 is 0 Å². The van der Waals surface area contributed by atoms with E-state index in [1.54, 1.807) is 11.8 Å². The first-order valence-electron chi connectivity index (χ1n) is 6.02. The molecule has 1 aliphatic rings. The number of aromatic nitrogens is 1. The molecule has 2 heterocycles. The van der Waals surface area contributed by atoms with Crippen LogP contribution in [0.3, 0.4) is 0 Å². The summed E-state index contributed by atoms with van der Waals surface area (Å²) in [6.45, 7) is 2.60. The summed E-state index contributed by atoms with van der Waals surface area (Å²) in [6, 6.07) is 1.43. The van der Waals surface area contributed by atoms with E-state index in [1.165, 1.54) is 12.3 Å². The first kappa shape index (κ1) is 14.9. The third-order valence-electron chi connectivity index (χ3n) is 2.72. The molecule has 0 spiro atoms. The molecule has 0 aliphatic carbocycles. The van der Waals surface area contributed by atoms with Crippen molar-refractivity contribution in [1.29, 1.82) is 0 Å². The van der Waals surface area contributed by atoms with Gasteiger partial charge in [0.25, 0.3) is 0 Å². The van der Waals surface area contributed by atoms with Gasteiger partial charge in [0.15, 0.2) is 0 Å². The van der Waals surface area contributed by atoms with Gasteiger partial charge in [0.1, 0.15) is 10.7 Å². The van der Waals surface area contributed by atoms with Crippen molar-refractivity contribution in [2.24, 2.45) is 0 Å². The smallest absolute Gasteiger partial charge is 0.242 e. The van der Waals surface area contributed by atoms with Crippen molar-refractivity contribution < 1.29 is 8.42 Å². The minimum absolute atomic E-state index is 0.00205. The van der Waals surface area contributed by atoms with Crippen molar-refractivity contribution >= 4 is 39.2 Å². The molecule has 1 aliphatic heterocycles. The van der Waals surface area contributed by atoms with Crippen LogP contribution in [0.25, 0.3) is 0 Å². The fourth-order valence-corrected chi connectivity index (χ4v) is 4.58. The van der Waals surface area contributed by atoms with Gasteiger partial charge in [0.05, 0.1) is 5.02 Å². The van der Waals surface area contributed by atoms with E-state index in [9.17, 15) is 8.42 Å². The summed E-state index contributed by atoms with van der Waals surface area (Å²) in [5.74, 6) is 2.31. The second kappa shape index (κ2) is 6.30. The van der Waals surface area contributed by atoms with Crippen molar-refractivity contribution in [2.75, 3.05) is 23.4 Å². The molecular weight excluding hydrogens is 306 g/mol. The van der Waals surface area contributed by atoms with E-state index in [1.807, 2.05) is 6.92 Å². The van der Waals surface area contributed by atoms with Crippen molar-refractivity contribution in [3.63, 3.8) is 0 Å². The number of rotatable bonds is 5. The Bertz CT molecular complexity index is 545. The molecule has 106 valence electrons. The van der Waals surface area contributed by atoms with E-state index in [0.717, 1.165) is 17.9 Å². The number of anilines is 1. The molecule has 1 saturated heterocycles. The highest BCUT2D eigenvalue weighted by Crippen LogP contribution is 2.24. The molecule has 0 radical (unpaired) electrons. The Balaban J connectivity index is 2.17. The number of sulfonamides is 1. The van der Waals surface area contributed by atoms with E-state index in [0.29, 0.717) is 17.4 Å². The lowest BCUT2D eigenvalue weighted by atomic mass is 10.3. The van der Waals surface area contributed by atoms with Gasteiger partial charge in [-0.2, -0.15) is 11.8 Å². The van der Waals surface area contributed by atoms with Crippen LogP contribution in [0.2, 0.25) is 5.02 Å². The van der Waals surface area contributed by atoms with Crippen LogP contribution in [-0.4, -0.2) is 37.5 Å². The highest BCUT2D eigenvalue weighted by Gasteiger charge is 2.24. The van der Waals surface area contributed by atoms with Gasteiger partial charge < -0.3 is 5.32 Å². The fourth-order valence-electron chi connectivity index (χ4n) is 1.78. The SMILES string of the molecule is CCNc1ncc(S(=O)(=O)NC2CCSC2)cc1Cl. The van der Waals surface area contributed by atoms with Crippen LogP contribution in [0.4, 0.5) is 5.82 Å². The standard InChI is InChI=1S/C11H16ClN3O2S2/c1-2-13-11-10(12)5-9(6-14-11)19(16,17)15-8-3-4-18-7-8/h5-6,8,15H,2-4,7H2,1H3,(H,13,14). The number of nitrogens with zero attached hydrogens (tertiary/aromatic N) is 1. The molecule has 1 fully saturated rings. The third kappa shape index (κ3) is 3.75. The maximum absolute atomic E-state index is 12.2. The normalized spacial score (nSPS) is 19.6. The van der Waals surface area contributed by atoms with Crippen molar-refractivity contribution in [3.05, 3.63) is 17.3 Å². The zero-order valence-electron chi connectivity index (χ0n) is 10.5. The molecule has 0 bridgehead atoms. The second-order valence-corrected chi connectivity index (χ2v) is 7.48. The average Bonchev–Trinajstić information content (AvgIpc) is 2.84. The molecule has 1 unspecified atom stereocenters. The number of hydrogen-bond donors (Lipinski definition) is 2. The maximum atomic E-state index is 12.2. The summed E-state index contributed by atoms with van der Waals surface area (Å²) in [5, 5.41) is 3.28. The fraction of sp³-hybridized carbons (Fsp3) is 0.545. The van der Waals surface area contributed by atoms with Crippen LogP contribution < -0.4 is 10.0 Å². The monoisotopic (exact) mass is 321 g/mol. The molecule has 0 amide bonds. The third-order valence-corrected chi connectivity index (χ3v) is 5.66. The Kier molecular flexibility index (Phi) is 4.94. The topological polar surface area (TPSA) is 71.1 Å². The molecule has 0 saturated carbocycles. The molecule has 8 heteroatoms. The van der Waals surface area contributed by atoms with Gasteiger partial charge in [-0.1, -0.05) is 11.6 Å². The van der Waals surface area contributed by atoms with Crippen LogP contribution in [0, 0.1) is 0 Å². The van der Waals surface area contributed by atoms with Crippen LogP contribution >= 0.6 is 23.4 Å². The van der Waals surface area contributed by atoms with Crippen LogP contribution in [-0.2, 0) is 10.0 Å². The lowest BCUT2D eigenvalue weighted by Gasteiger charge is -2.12. The van der Waals surface area contributed by atoms with Gasteiger partial charge in [-0.05, 0) is 25.2 Å². The molecule has 2 N–H and O–H groups in total. The molecule has 1 aromatic rings. The maximum Gasteiger partial charge on any atom is 0.242 e. The molecule has 1 aromatic heterocycles. The van der Waals surface area contributed by atoms with E-state index in [4.69, 9.17) is 11.6 Å². The van der Waals surface area contributed by atoms with Gasteiger partial charge in [-0.3, -0.25) is 0 Å². The Morgan fingerprint density at radius 2 is 2.37 bits per heavy atom. The molecule has 2 rings (SSSR count). The first-order chi connectivity index (χ1) is 9.03. The molecule has 19 heavy (non-hydrogen) atoms. The van der Waals surface area contributed by atoms with Crippen molar-refractivity contribution in [1.82, 2.24) is 9.71 Å². The summed E-state index contributed by atoms with van der Waals surface area (Å²) in [4.78, 5) is 4.15.